The molecule has 2 saturated heterocycles. The quantitative estimate of drug-likeness (QED) is 0.228. The molecule has 2 saturated carbocycles. The predicted molar refractivity (Wildman–Crippen MR) is 224 cm³/mol. The third-order valence-electron chi connectivity index (χ3n) is 13.3. The fourth-order valence-electron chi connectivity index (χ4n) is 8.71. The van der Waals surface area contributed by atoms with E-state index in [-0.39, 0.29) is 42.3 Å². The van der Waals surface area contributed by atoms with Crippen LogP contribution in [0.5, 0.6) is 11.6 Å². The van der Waals surface area contributed by atoms with Crippen molar-refractivity contribution < 1.29 is 64.1 Å². The van der Waals surface area contributed by atoms with E-state index < -0.39 is 91.7 Å². The molecule has 4 heterocycles. The Morgan fingerprint density at radius 3 is 2.42 bits per heavy atom. The molecule has 2 aromatic rings. The van der Waals surface area contributed by atoms with E-state index in [2.05, 4.69) is 20.3 Å². The van der Waals surface area contributed by atoms with Gasteiger partial charge >= 0.3 is 12.3 Å². The zero-order valence-electron chi connectivity index (χ0n) is 36.7. The second-order valence-corrected chi connectivity index (χ2v) is 20.8. The molecule has 16 nitrogen and oxygen atoms in total. The fraction of sp³-hybridized carbons (Fsp3) is 0.651. The van der Waals surface area contributed by atoms with E-state index in [0.29, 0.717) is 83.3 Å². The number of nitrogens with one attached hydrogen (secondary N) is 3. The highest BCUT2D eigenvalue weighted by atomic mass is 32.2. The molecule has 1 aromatic heterocycles. The van der Waals surface area contributed by atoms with Crippen molar-refractivity contribution >= 4 is 50.3 Å². The number of rotatable bonds is 9. The van der Waals surface area contributed by atoms with E-state index >= 15 is 4.39 Å². The number of nitrogens with zero attached hydrogens (tertiary/aromatic N) is 3. The van der Waals surface area contributed by atoms with Crippen LogP contribution in [-0.4, -0.2) is 122 Å². The monoisotopic (exact) mass is 924 g/mol. The molecule has 352 valence electrons. The van der Waals surface area contributed by atoms with E-state index in [0.717, 1.165) is 4.90 Å². The van der Waals surface area contributed by atoms with Crippen LogP contribution in [0, 0.1) is 23.6 Å². The highest BCUT2D eigenvalue weighted by Gasteiger charge is 2.63. The van der Waals surface area contributed by atoms with Crippen molar-refractivity contribution in [3.63, 3.8) is 0 Å². The highest BCUT2D eigenvalue weighted by molar-refractivity contribution is 7.91. The summed E-state index contributed by atoms with van der Waals surface area (Å²) < 4.78 is 107. The standard InChI is InChI=1S/C43H56F4N6O10S/c1-24-9-7-8-10-26-21-42(26,38(56)51-64(58,59)41(5)11-12-41)50-35(54)31-18-27(23-53(31)37(55)34(25(2)17-24)49-39(57)63-40(3,4)43(45,46)47)62-36-29-19-30(44)33(60-6)20-28(29)32(22-48-36)52-13-15-61-16-14-52/h8,10,19-20,22,24-27,31,34H,7,9,11-18,21,23H2,1-6H3,(H,49,57)(H,50,54)(H,51,56)/b10-8-/t24-,25-,26-,27-,31+,34+,42-/m1/s1. The molecule has 0 unspecified atom stereocenters. The lowest BCUT2D eigenvalue weighted by Gasteiger charge is -2.34. The number of aromatic nitrogens is 1. The molecular weight excluding hydrogens is 869 g/mol. The summed E-state index contributed by atoms with van der Waals surface area (Å²) in [5.74, 6) is -4.75. The van der Waals surface area contributed by atoms with Crippen LogP contribution >= 0.6 is 0 Å². The Morgan fingerprint density at radius 2 is 1.77 bits per heavy atom. The number of alkyl carbamates (subject to hydrolysis) is 1. The van der Waals surface area contributed by atoms with Gasteiger partial charge in [0, 0.05) is 36.2 Å². The number of benzene rings is 1. The van der Waals surface area contributed by atoms with Crippen LogP contribution in [0.4, 0.5) is 28.0 Å². The average molecular weight is 925 g/mol. The van der Waals surface area contributed by atoms with Crippen molar-refractivity contribution in [1.82, 2.24) is 25.2 Å². The van der Waals surface area contributed by atoms with Gasteiger partial charge in [0.1, 0.15) is 23.7 Å². The summed E-state index contributed by atoms with van der Waals surface area (Å²) in [6.07, 6.45) is -0.346. The van der Waals surface area contributed by atoms with Crippen LogP contribution in [0.25, 0.3) is 10.8 Å². The summed E-state index contributed by atoms with van der Waals surface area (Å²) in [4.78, 5) is 64.5. The summed E-state index contributed by atoms with van der Waals surface area (Å²) in [7, 11) is -2.79. The van der Waals surface area contributed by atoms with E-state index in [1.165, 1.54) is 26.2 Å². The van der Waals surface area contributed by atoms with E-state index in [1.54, 1.807) is 19.2 Å². The van der Waals surface area contributed by atoms with Gasteiger partial charge in [-0.25, -0.2) is 22.6 Å². The second-order valence-electron chi connectivity index (χ2n) is 18.6. The normalized spacial score (nSPS) is 29.3. The molecule has 3 aliphatic heterocycles. The molecule has 7 rings (SSSR count). The Labute approximate surface area is 369 Å². The molecule has 7 atom stereocenters. The Bertz CT molecular complexity index is 2300. The van der Waals surface area contributed by atoms with Crippen LogP contribution in [-0.2, 0) is 33.9 Å². The number of alkyl halides is 3. The third kappa shape index (κ3) is 9.42. The largest absolute Gasteiger partial charge is 0.494 e. The van der Waals surface area contributed by atoms with Crippen molar-refractivity contribution in [2.75, 3.05) is 44.9 Å². The van der Waals surface area contributed by atoms with Crippen LogP contribution in [0.3, 0.4) is 0 Å². The van der Waals surface area contributed by atoms with Crippen LogP contribution in [0.15, 0.2) is 30.5 Å². The lowest BCUT2D eigenvalue weighted by atomic mass is 9.88. The van der Waals surface area contributed by atoms with Crippen LogP contribution in [0.2, 0.25) is 0 Å². The number of anilines is 1. The van der Waals surface area contributed by atoms with Gasteiger partial charge in [-0.2, -0.15) is 13.2 Å². The summed E-state index contributed by atoms with van der Waals surface area (Å²) in [5, 5.41) is 5.94. The molecule has 0 bridgehead atoms. The fourth-order valence-corrected chi connectivity index (χ4v) is 10.0. The molecule has 1 aromatic carbocycles. The molecule has 21 heteroatoms. The molecule has 3 N–H and O–H groups in total. The van der Waals surface area contributed by atoms with Crippen LogP contribution in [0.1, 0.15) is 79.6 Å². The van der Waals surface area contributed by atoms with Crippen molar-refractivity contribution in [3.8, 4) is 11.6 Å². The smallest absolute Gasteiger partial charge is 0.427 e. The van der Waals surface area contributed by atoms with Gasteiger partial charge in [-0.15, -0.1) is 0 Å². The molecule has 0 spiro atoms. The average Bonchev–Trinajstić information content (AvgIpc) is 4.11. The highest BCUT2D eigenvalue weighted by Crippen LogP contribution is 2.48. The van der Waals surface area contributed by atoms with Crippen LogP contribution < -0.4 is 29.7 Å². The minimum absolute atomic E-state index is 0.0300. The van der Waals surface area contributed by atoms with Gasteiger partial charge in [0.2, 0.25) is 33.3 Å². The molecule has 5 aliphatic rings. The van der Waals surface area contributed by atoms with Gasteiger partial charge in [0.15, 0.2) is 11.6 Å². The molecule has 64 heavy (non-hydrogen) atoms. The first-order chi connectivity index (χ1) is 30.0. The first-order valence-electron chi connectivity index (χ1n) is 21.6. The summed E-state index contributed by atoms with van der Waals surface area (Å²) in [5.41, 5.74) is -3.97. The minimum atomic E-state index is -4.95. The number of methoxy groups -OCH3 is 1. The molecule has 2 aliphatic carbocycles. The number of morpholine rings is 1. The van der Waals surface area contributed by atoms with Gasteiger partial charge in [-0.05, 0) is 83.3 Å². The number of hydrogen-bond donors (Lipinski definition) is 3. The maximum Gasteiger partial charge on any atom is 0.427 e. The number of fused-ring (bicyclic) bond motifs is 3. The number of hydrogen-bond acceptors (Lipinski definition) is 12. The van der Waals surface area contributed by atoms with Gasteiger partial charge in [0.25, 0.3) is 5.91 Å². The number of carbonyl (C=O) groups excluding carboxylic acids is 4. The zero-order chi connectivity index (χ0) is 46.6. The first kappa shape index (κ1) is 47.1. The van der Waals surface area contributed by atoms with Crippen molar-refractivity contribution in [3.05, 3.63) is 36.3 Å². The maximum atomic E-state index is 15.4. The molecular formula is C43H56F4N6O10S. The number of ether oxygens (including phenoxy) is 4. The minimum Gasteiger partial charge on any atom is -0.494 e. The Hall–Kier alpha value is -4.92. The number of carbonyl (C=O) groups is 4. The van der Waals surface area contributed by atoms with E-state index in [1.807, 2.05) is 17.9 Å². The lowest BCUT2D eigenvalue weighted by molar-refractivity contribution is -0.244. The Kier molecular flexibility index (Phi) is 12.8. The summed E-state index contributed by atoms with van der Waals surface area (Å²) in [6.45, 7) is 8.09. The van der Waals surface area contributed by atoms with Gasteiger partial charge in [-0.1, -0.05) is 26.0 Å². The maximum absolute atomic E-state index is 15.4. The summed E-state index contributed by atoms with van der Waals surface area (Å²) in [6, 6.07) is -0.186. The number of amides is 4. The molecule has 0 radical (unpaired) electrons. The second kappa shape index (κ2) is 17.5. The van der Waals surface area contributed by atoms with E-state index in [9.17, 15) is 40.8 Å². The number of halogens is 4. The van der Waals surface area contributed by atoms with Crippen molar-refractivity contribution in [2.24, 2.45) is 17.8 Å². The molecule has 4 fully saturated rings. The van der Waals surface area contributed by atoms with Gasteiger partial charge < -0.3 is 39.4 Å². The van der Waals surface area contributed by atoms with Crippen molar-refractivity contribution in [1.29, 1.82) is 0 Å². The third-order valence-corrected chi connectivity index (χ3v) is 15.4. The number of pyridine rings is 1. The molecule has 4 amide bonds. The SMILES string of the molecule is COc1cc2c(N3CCOCC3)cnc(O[C@@H]3C[C@H]4C(=O)N[C@]5(C(=O)NS(=O)(=O)C6(C)CC6)C[C@H]5/C=C\CC[C@@H](C)C[C@@H](C)[C@H](NC(=O)OC(C)(C)C(F)(F)F)C(=O)N4C3)c2cc1F. The topological polar surface area (TPSA) is 195 Å². The number of sulfonamides is 1. The summed E-state index contributed by atoms with van der Waals surface area (Å²) >= 11 is 0. The van der Waals surface area contributed by atoms with E-state index in [4.69, 9.17) is 18.9 Å². The first-order valence-corrected chi connectivity index (χ1v) is 23.1. The Balaban J connectivity index is 1.25. The zero-order valence-corrected chi connectivity index (χ0v) is 37.5. The van der Waals surface area contributed by atoms with Crippen molar-refractivity contribution in [2.45, 2.75) is 120 Å². The van der Waals surface area contributed by atoms with Gasteiger partial charge in [-0.3, -0.25) is 19.1 Å². The predicted octanol–water partition coefficient (Wildman–Crippen LogP) is 4.89. The van der Waals surface area contributed by atoms with Gasteiger partial charge in [0.05, 0.1) is 43.5 Å². The Morgan fingerprint density at radius 1 is 1.06 bits per heavy atom. The number of allylic oxidation sites excluding steroid dienone is 1. The lowest BCUT2D eigenvalue weighted by Crippen LogP contribution is -2.59.